The molecule has 0 fully saturated rings. The summed E-state index contributed by atoms with van der Waals surface area (Å²) in [5.41, 5.74) is 6.29. The predicted molar refractivity (Wildman–Crippen MR) is 117 cm³/mol. The molecule has 0 amide bonds. The third-order valence-corrected chi connectivity index (χ3v) is 6.18. The summed E-state index contributed by atoms with van der Waals surface area (Å²) < 4.78 is 36.5. The number of para-hydroxylation sites is 1. The Morgan fingerprint density at radius 2 is 1.85 bits per heavy atom. The molecule has 0 saturated heterocycles. The average Bonchev–Trinajstić information content (AvgIpc) is 3.58. The first-order chi connectivity index (χ1) is 16.1. The fraction of sp³-hybridized carbons (Fsp3) is 0.200. The number of halogens is 2. The first-order valence-corrected chi connectivity index (χ1v) is 10.6. The van der Waals surface area contributed by atoms with Crippen molar-refractivity contribution in [2.75, 3.05) is 11.5 Å². The van der Waals surface area contributed by atoms with Gasteiger partial charge in [-0.1, -0.05) is 36.4 Å². The van der Waals surface area contributed by atoms with Crippen LogP contribution < -0.4 is 9.64 Å². The zero-order valence-electron chi connectivity index (χ0n) is 17.4. The Balaban J connectivity index is 1.37. The van der Waals surface area contributed by atoms with Gasteiger partial charge in [0.1, 0.15) is 5.75 Å². The Labute approximate surface area is 188 Å². The summed E-state index contributed by atoms with van der Waals surface area (Å²) in [6.45, 7) is 1.17. The van der Waals surface area contributed by atoms with Gasteiger partial charge in [-0.25, -0.2) is 0 Å². The average molecular weight is 447 g/mol. The fourth-order valence-electron chi connectivity index (χ4n) is 4.63. The summed E-state index contributed by atoms with van der Waals surface area (Å²) in [6.07, 6.45) is -2.90. The zero-order valence-corrected chi connectivity index (χ0v) is 17.4. The van der Waals surface area contributed by atoms with Crippen molar-refractivity contribution in [2.45, 2.75) is 25.6 Å². The molecule has 33 heavy (non-hydrogen) atoms. The van der Waals surface area contributed by atoms with E-state index in [1.54, 1.807) is 12.1 Å². The van der Waals surface area contributed by atoms with E-state index < -0.39 is 18.5 Å². The molecule has 6 nitrogen and oxygen atoms in total. The van der Waals surface area contributed by atoms with Gasteiger partial charge in [0.15, 0.2) is 6.23 Å². The van der Waals surface area contributed by atoms with Gasteiger partial charge in [0.25, 0.3) is 5.89 Å². The van der Waals surface area contributed by atoms with Crippen LogP contribution in [0.3, 0.4) is 0 Å². The van der Waals surface area contributed by atoms with Crippen LogP contribution in [0.4, 0.5) is 14.5 Å². The first-order valence-electron chi connectivity index (χ1n) is 10.6. The normalized spacial score (nSPS) is 16.7. The number of aromatic nitrogens is 2. The second-order valence-corrected chi connectivity index (χ2v) is 8.06. The van der Waals surface area contributed by atoms with Crippen molar-refractivity contribution in [3.8, 4) is 28.3 Å². The minimum atomic E-state index is -2.83. The molecule has 1 unspecified atom stereocenters. The van der Waals surface area contributed by atoms with Gasteiger partial charge in [0, 0.05) is 40.9 Å². The quantitative estimate of drug-likeness (QED) is 0.459. The van der Waals surface area contributed by atoms with Crippen LogP contribution in [0.2, 0.25) is 0 Å². The molecule has 8 heteroatoms. The Morgan fingerprint density at radius 1 is 1.00 bits per heavy atom. The highest BCUT2D eigenvalue weighted by Crippen LogP contribution is 2.44. The lowest BCUT2D eigenvalue weighted by Crippen LogP contribution is -2.21. The molecule has 2 aliphatic heterocycles. The molecule has 0 bridgehead atoms. The Morgan fingerprint density at radius 3 is 2.70 bits per heavy atom. The van der Waals surface area contributed by atoms with Crippen molar-refractivity contribution in [1.29, 1.82) is 0 Å². The lowest BCUT2D eigenvalue weighted by Gasteiger charge is -2.26. The fourth-order valence-corrected chi connectivity index (χ4v) is 4.63. The van der Waals surface area contributed by atoms with Gasteiger partial charge in [0.05, 0.1) is 6.61 Å². The molecule has 1 atom stereocenters. The van der Waals surface area contributed by atoms with E-state index in [1.165, 1.54) is 5.56 Å². The Hall–Kier alpha value is -3.78. The molecular formula is C25H19F2N3O3. The van der Waals surface area contributed by atoms with Crippen LogP contribution in [0.1, 0.15) is 35.2 Å². The summed E-state index contributed by atoms with van der Waals surface area (Å²) in [5, 5.41) is 18.3. The van der Waals surface area contributed by atoms with Crippen molar-refractivity contribution in [1.82, 2.24) is 10.2 Å². The molecule has 6 rings (SSSR count). The highest BCUT2D eigenvalue weighted by atomic mass is 19.3. The van der Waals surface area contributed by atoms with Crippen LogP contribution in [-0.4, -0.2) is 21.9 Å². The Kier molecular flexibility index (Phi) is 4.62. The maximum atomic E-state index is 12.8. The van der Waals surface area contributed by atoms with Gasteiger partial charge >= 0.3 is 6.43 Å². The molecule has 4 aromatic rings. The number of hydrogen-bond acceptors (Lipinski definition) is 6. The van der Waals surface area contributed by atoms with E-state index in [2.05, 4.69) is 22.3 Å². The number of benzene rings is 3. The highest BCUT2D eigenvalue weighted by Gasteiger charge is 2.32. The van der Waals surface area contributed by atoms with Crippen molar-refractivity contribution in [3.05, 3.63) is 83.2 Å². The second kappa shape index (κ2) is 7.67. The monoisotopic (exact) mass is 447 g/mol. The lowest BCUT2D eigenvalue weighted by molar-refractivity contribution is 0.116. The van der Waals surface area contributed by atoms with E-state index in [1.807, 2.05) is 41.3 Å². The van der Waals surface area contributed by atoms with E-state index in [9.17, 15) is 13.9 Å². The molecule has 1 N–H and O–H groups in total. The molecule has 0 spiro atoms. The van der Waals surface area contributed by atoms with E-state index in [4.69, 9.17) is 9.15 Å². The van der Waals surface area contributed by atoms with E-state index in [0.717, 1.165) is 34.5 Å². The SMILES string of the molecule is OC1c2cc(-c3nnc(C(F)F)o3)ccc2CN1c1ccccc1-c1cccc2c1CCO2. The van der Waals surface area contributed by atoms with E-state index >= 15 is 0 Å². The van der Waals surface area contributed by atoms with Crippen LogP contribution >= 0.6 is 0 Å². The summed E-state index contributed by atoms with van der Waals surface area (Å²) >= 11 is 0. The van der Waals surface area contributed by atoms with Crippen LogP contribution in [0.5, 0.6) is 5.75 Å². The minimum absolute atomic E-state index is 0.000927. The molecule has 3 aromatic carbocycles. The number of nitrogens with zero attached hydrogens (tertiary/aromatic N) is 3. The molecule has 0 saturated carbocycles. The minimum Gasteiger partial charge on any atom is -0.493 e. The van der Waals surface area contributed by atoms with Gasteiger partial charge in [0.2, 0.25) is 5.89 Å². The van der Waals surface area contributed by atoms with Crippen molar-refractivity contribution in [2.24, 2.45) is 0 Å². The standard InChI is InChI=1S/C25H19F2N3O3/c26-22(27)24-29-28-23(33-24)14-8-9-15-13-30(25(31)19(15)12-14)20-6-2-1-4-17(20)16-5-3-7-21-18(16)10-11-32-21/h1-9,12,22,25,31H,10-11,13H2. The van der Waals surface area contributed by atoms with Gasteiger partial charge in [-0.3, -0.25) is 0 Å². The van der Waals surface area contributed by atoms with E-state index in [0.29, 0.717) is 24.3 Å². The summed E-state index contributed by atoms with van der Waals surface area (Å²) in [5.74, 6) is 0.180. The van der Waals surface area contributed by atoms with Crippen LogP contribution in [0.15, 0.2) is 65.1 Å². The molecule has 2 aliphatic rings. The largest absolute Gasteiger partial charge is 0.493 e. The number of anilines is 1. The van der Waals surface area contributed by atoms with Gasteiger partial charge < -0.3 is 19.2 Å². The molecule has 0 radical (unpaired) electrons. The number of rotatable bonds is 4. The number of ether oxygens (including phenoxy) is 1. The van der Waals surface area contributed by atoms with Gasteiger partial charge in [-0.05, 0) is 35.4 Å². The molecule has 3 heterocycles. The van der Waals surface area contributed by atoms with Gasteiger partial charge in [-0.2, -0.15) is 8.78 Å². The molecule has 0 aliphatic carbocycles. The summed E-state index contributed by atoms with van der Waals surface area (Å²) in [7, 11) is 0. The van der Waals surface area contributed by atoms with Crippen molar-refractivity contribution in [3.63, 3.8) is 0 Å². The maximum Gasteiger partial charge on any atom is 0.314 e. The number of aliphatic hydroxyl groups excluding tert-OH is 1. The van der Waals surface area contributed by atoms with Crippen LogP contribution in [0.25, 0.3) is 22.6 Å². The van der Waals surface area contributed by atoms with Crippen molar-refractivity contribution >= 4 is 5.69 Å². The van der Waals surface area contributed by atoms with Crippen LogP contribution in [0, 0.1) is 0 Å². The number of alkyl halides is 2. The van der Waals surface area contributed by atoms with Crippen LogP contribution in [-0.2, 0) is 13.0 Å². The topological polar surface area (TPSA) is 71.6 Å². The molecular weight excluding hydrogens is 428 g/mol. The van der Waals surface area contributed by atoms with Gasteiger partial charge in [-0.15, -0.1) is 10.2 Å². The predicted octanol–water partition coefficient (Wildman–Crippen LogP) is 5.29. The highest BCUT2D eigenvalue weighted by molar-refractivity contribution is 5.83. The smallest absolute Gasteiger partial charge is 0.314 e. The number of aliphatic hydroxyl groups is 1. The summed E-state index contributed by atoms with van der Waals surface area (Å²) in [4.78, 5) is 1.93. The third-order valence-electron chi connectivity index (χ3n) is 6.18. The number of fused-ring (bicyclic) bond motifs is 2. The van der Waals surface area contributed by atoms with Crippen molar-refractivity contribution < 1.29 is 23.0 Å². The molecule has 166 valence electrons. The second-order valence-electron chi connectivity index (χ2n) is 8.06. The summed E-state index contributed by atoms with van der Waals surface area (Å²) in [6, 6.07) is 19.3. The lowest BCUT2D eigenvalue weighted by atomic mass is 9.96. The Bertz CT molecular complexity index is 1350. The first kappa shape index (κ1) is 19.9. The van der Waals surface area contributed by atoms with E-state index in [-0.39, 0.29) is 5.89 Å². The molecule has 1 aromatic heterocycles. The zero-order chi connectivity index (χ0) is 22.5. The third kappa shape index (κ3) is 3.25. The number of hydrogen-bond donors (Lipinski definition) is 1. The maximum absolute atomic E-state index is 12.8.